The maximum absolute atomic E-state index is 11.9. The molecule has 1 aromatic heterocycles. The smallest absolute Gasteiger partial charge is 0.253 e. The molecule has 0 saturated heterocycles. The molecule has 8 heteroatoms. The number of aromatic hydroxyl groups is 1. The van der Waals surface area contributed by atoms with Gasteiger partial charge in [0.1, 0.15) is 5.75 Å². The molecule has 1 amide bonds. The molecule has 0 radical (unpaired) electrons. The van der Waals surface area contributed by atoms with Gasteiger partial charge in [-0.3, -0.25) is 4.79 Å². The van der Waals surface area contributed by atoms with E-state index in [-0.39, 0.29) is 11.7 Å². The lowest BCUT2D eigenvalue weighted by atomic mass is 10.1. The van der Waals surface area contributed by atoms with Crippen molar-refractivity contribution >= 4 is 17.7 Å². The highest BCUT2D eigenvalue weighted by Gasteiger charge is 2.11. The molecule has 0 fully saturated rings. The van der Waals surface area contributed by atoms with Crippen LogP contribution in [0, 0.1) is 0 Å². The summed E-state index contributed by atoms with van der Waals surface area (Å²) in [6, 6.07) is 14.2. The molecule has 0 bridgehead atoms. The Morgan fingerprint density at radius 2 is 1.80 bits per heavy atom. The summed E-state index contributed by atoms with van der Waals surface area (Å²) in [6.45, 7) is 0. The maximum atomic E-state index is 11.9. The first-order valence-corrected chi connectivity index (χ1v) is 8.54. The summed E-state index contributed by atoms with van der Waals surface area (Å²) in [5.41, 5.74) is 2.51. The van der Waals surface area contributed by atoms with Gasteiger partial charge < -0.3 is 10.0 Å². The second kappa shape index (κ2) is 7.35. The molecule has 0 unspecified atom stereocenters. The van der Waals surface area contributed by atoms with Crippen LogP contribution in [0.4, 0.5) is 0 Å². The van der Waals surface area contributed by atoms with Gasteiger partial charge in [0.25, 0.3) is 5.91 Å². The molecule has 25 heavy (non-hydrogen) atoms. The Hall–Kier alpha value is -2.87. The standard InChI is InChI=1S/C17H17N5O2S/c1-21(2)16(24)13-5-3-12(4-6-13)11-25-17-18-19-20-22(17)14-7-9-15(23)10-8-14/h3-10,23H,11H2,1-2H3. The number of nitrogens with zero attached hydrogens (tertiary/aromatic N) is 5. The maximum Gasteiger partial charge on any atom is 0.253 e. The second-order valence-electron chi connectivity index (χ2n) is 5.57. The topological polar surface area (TPSA) is 84.1 Å². The minimum absolute atomic E-state index is 0.0181. The molecule has 0 spiro atoms. The number of thioether (sulfide) groups is 1. The summed E-state index contributed by atoms with van der Waals surface area (Å²) in [6.07, 6.45) is 0. The van der Waals surface area contributed by atoms with Crippen molar-refractivity contribution in [1.82, 2.24) is 25.1 Å². The number of amides is 1. The third-order valence-corrected chi connectivity index (χ3v) is 4.50. The zero-order chi connectivity index (χ0) is 17.8. The highest BCUT2D eigenvalue weighted by atomic mass is 32.2. The number of benzene rings is 2. The molecule has 0 saturated carbocycles. The summed E-state index contributed by atoms with van der Waals surface area (Å²) in [5.74, 6) is 0.850. The predicted octanol–water partition coefficient (Wildman–Crippen LogP) is 2.36. The summed E-state index contributed by atoms with van der Waals surface area (Å²) in [4.78, 5) is 13.5. The number of hydrogen-bond acceptors (Lipinski definition) is 6. The average Bonchev–Trinajstić information content (AvgIpc) is 3.09. The highest BCUT2D eigenvalue weighted by molar-refractivity contribution is 7.98. The van der Waals surface area contributed by atoms with E-state index in [1.165, 1.54) is 11.8 Å². The second-order valence-corrected chi connectivity index (χ2v) is 6.52. The van der Waals surface area contributed by atoms with Crippen LogP contribution in [0.3, 0.4) is 0 Å². The number of tetrazole rings is 1. The van der Waals surface area contributed by atoms with Gasteiger partial charge in [-0.15, -0.1) is 5.10 Å². The van der Waals surface area contributed by atoms with Crippen molar-refractivity contribution in [3.63, 3.8) is 0 Å². The van der Waals surface area contributed by atoms with Crippen LogP contribution in [0.25, 0.3) is 5.69 Å². The average molecular weight is 355 g/mol. The quantitative estimate of drug-likeness (QED) is 0.707. The third kappa shape index (κ3) is 3.97. The summed E-state index contributed by atoms with van der Waals surface area (Å²) < 4.78 is 1.62. The van der Waals surface area contributed by atoms with Crippen LogP contribution >= 0.6 is 11.8 Å². The van der Waals surface area contributed by atoms with E-state index in [1.54, 1.807) is 47.9 Å². The van der Waals surface area contributed by atoms with E-state index in [2.05, 4.69) is 15.5 Å². The van der Waals surface area contributed by atoms with Gasteiger partial charge in [0.05, 0.1) is 5.69 Å². The van der Waals surface area contributed by atoms with Crippen LogP contribution in [0.2, 0.25) is 0 Å². The zero-order valence-electron chi connectivity index (χ0n) is 13.8. The van der Waals surface area contributed by atoms with Crippen molar-refractivity contribution in [1.29, 1.82) is 0 Å². The van der Waals surface area contributed by atoms with Crippen molar-refractivity contribution < 1.29 is 9.90 Å². The number of phenols is 1. The van der Waals surface area contributed by atoms with Gasteiger partial charge in [-0.1, -0.05) is 23.9 Å². The normalized spacial score (nSPS) is 10.6. The number of phenolic OH excluding ortho intramolecular Hbond substituents is 1. The summed E-state index contributed by atoms with van der Waals surface area (Å²) >= 11 is 1.50. The number of carbonyl (C=O) groups is 1. The molecule has 7 nitrogen and oxygen atoms in total. The van der Waals surface area contributed by atoms with Gasteiger partial charge in [-0.25, -0.2) is 0 Å². The Kier molecular flexibility index (Phi) is 4.99. The van der Waals surface area contributed by atoms with Gasteiger partial charge in [0.2, 0.25) is 5.16 Å². The molecule has 3 aromatic rings. The lowest BCUT2D eigenvalue weighted by Gasteiger charge is -2.10. The minimum atomic E-state index is -0.0181. The number of carbonyl (C=O) groups excluding carboxylic acids is 1. The van der Waals surface area contributed by atoms with Crippen LogP contribution in [0.15, 0.2) is 53.7 Å². The Labute approximate surface area is 149 Å². The lowest BCUT2D eigenvalue weighted by molar-refractivity contribution is 0.0827. The lowest BCUT2D eigenvalue weighted by Crippen LogP contribution is -2.21. The molecule has 1 heterocycles. The van der Waals surface area contributed by atoms with Crippen molar-refractivity contribution in [2.75, 3.05) is 14.1 Å². The molecule has 0 aliphatic heterocycles. The first-order valence-electron chi connectivity index (χ1n) is 7.56. The predicted molar refractivity (Wildman–Crippen MR) is 94.8 cm³/mol. The van der Waals surface area contributed by atoms with Crippen molar-refractivity contribution in [3.8, 4) is 11.4 Å². The number of hydrogen-bond donors (Lipinski definition) is 1. The number of rotatable bonds is 5. The Morgan fingerprint density at radius 3 is 2.44 bits per heavy atom. The summed E-state index contributed by atoms with van der Waals surface area (Å²) in [5, 5.41) is 21.8. The van der Waals surface area contributed by atoms with Gasteiger partial charge in [-0.2, -0.15) is 4.68 Å². The summed E-state index contributed by atoms with van der Waals surface area (Å²) in [7, 11) is 3.46. The van der Waals surface area contributed by atoms with Crippen molar-refractivity contribution in [2.24, 2.45) is 0 Å². The molecule has 1 N–H and O–H groups in total. The van der Waals surface area contributed by atoms with Crippen LogP contribution in [-0.2, 0) is 5.75 Å². The molecule has 3 rings (SSSR count). The fourth-order valence-corrected chi connectivity index (χ4v) is 3.02. The fraction of sp³-hybridized carbons (Fsp3) is 0.176. The highest BCUT2D eigenvalue weighted by Crippen LogP contribution is 2.23. The molecule has 128 valence electrons. The van der Waals surface area contributed by atoms with Gasteiger partial charge in [0.15, 0.2) is 0 Å². The molecule has 0 aliphatic carbocycles. The Balaban J connectivity index is 1.69. The van der Waals surface area contributed by atoms with E-state index in [4.69, 9.17) is 0 Å². The molecule has 2 aromatic carbocycles. The monoisotopic (exact) mass is 355 g/mol. The third-order valence-electron chi connectivity index (χ3n) is 3.51. The van der Waals surface area contributed by atoms with Gasteiger partial charge >= 0.3 is 0 Å². The van der Waals surface area contributed by atoms with Crippen molar-refractivity contribution in [2.45, 2.75) is 10.9 Å². The van der Waals surface area contributed by atoms with Crippen LogP contribution in [0.1, 0.15) is 15.9 Å². The molecule has 0 atom stereocenters. The van der Waals surface area contributed by atoms with Crippen LogP contribution in [0.5, 0.6) is 5.75 Å². The van der Waals surface area contributed by atoms with E-state index in [0.29, 0.717) is 16.5 Å². The number of aromatic nitrogens is 4. The van der Waals surface area contributed by atoms with Crippen LogP contribution in [-0.4, -0.2) is 50.2 Å². The fourth-order valence-electron chi connectivity index (χ4n) is 2.17. The van der Waals surface area contributed by atoms with E-state index in [0.717, 1.165) is 11.3 Å². The molecular formula is C17H17N5O2S. The van der Waals surface area contributed by atoms with E-state index in [9.17, 15) is 9.90 Å². The molecule has 0 aliphatic rings. The van der Waals surface area contributed by atoms with E-state index >= 15 is 0 Å². The first kappa shape index (κ1) is 17.0. The first-order chi connectivity index (χ1) is 12.0. The molecular weight excluding hydrogens is 338 g/mol. The Bertz CT molecular complexity index is 860. The van der Waals surface area contributed by atoms with Gasteiger partial charge in [-0.05, 0) is 52.4 Å². The largest absolute Gasteiger partial charge is 0.508 e. The zero-order valence-corrected chi connectivity index (χ0v) is 14.6. The van der Waals surface area contributed by atoms with Crippen LogP contribution < -0.4 is 0 Å². The SMILES string of the molecule is CN(C)C(=O)c1ccc(CSc2nnnn2-c2ccc(O)cc2)cc1. The van der Waals surface area contributed by atoms with E-state index < -0.39 is 0 Å². The van der Waals surface area contributed by atoms with E-state index in [1.807, 2.05) is 24.3 Å². The Morgan fingerprint density at radius 1 is 1.12 bits per heavy atom. The van der Waals surface area contributed by atoms with Gasteiger partial charge in [0, 0.05) is 25.4 Å². The van der Waals surface area contributed by atoms with Crippen molar-refractivity contribution in [3.05, 3.63) is 59.7 Å². The minimum Gasteiger partial charge on any atom is -0.508 e.